The van der Waals surface area contributed by atoms with Crippen LogP contribution in [0.4, 0.5) is 0 Å². The van der Waals surface area contributed by atoms with E-state index in [1.807, 2.05) is 0 Å². The molecule has 0 amide bonds. The van der Waals surface area contributed by atoms with Crippen molar-refractivity contribution in [2.24, 2.45) is 0 Å². The number of hydrogen-bond acceptors (Lipinski definition) is 3. The first kappa shape index (κ1) is 18.5. The van der Waals surface area contributed by atoms with Gasteiger partial charge < -0.3 is 5.32 Å². The van der Waals surface area contributed by atoms with Gasteiger partial charge in [0.05, 0.1) is 10.0 Å². The summed E-state index contributed by atoms with van der Waals surface area (Å²) in [5.41, 5.74) is 0. The van der Waals surface area contributed by atoms with Crippen LogP contribution < -0.4 is 10.0 Å². The first-order valence-corrected chi connectivity index (χ1v) is 8.81. The molecule has 0 radical (unpaired) electrons. The largest absolute Gasteiger partial charge is 0.317 e. The number of nitrogens with one attached hydrogen (secondary N) is 2. The highest BCUT2D eigenvalue weighted by Crippen LogP contribution is 2.33. The quantitative estimate of drug-likeness (QED) is 0.783. The van der Waals surface area contributed by atoms with Gasteiger partial charge in [0.2, 0.25) is 10.0 Å². The van der Waals surface area contributed by atoms with Crippen molar-refractivity contribution in [3.8, 4) is 0 Å². The Morgan fingerprint density at radius 1 is 1.20 bits per heavy atom. The predicted octanol–water partition coefficient (Wildman–Crippen LogP) is 3.21. The first-order chi connectivity index (χ1) is 8.90. The van der Waals surface area contributed by atoms with Gasteiger partial charge in [-0.05, 0) is 38.1 Å². The van der Waals surface area contributed by atoms with Crippen molar-refractivity contribution in [3.63, 3.8) is 0 Å². The highest BCUT2D eigenvalue weighted by atomic mass is 79.9. The molecule has 0 unspecified atom stereocenters. The van der Waals surface area contributed by atoms with Crippen LogP contribution in [0.2, 0.25) is 10.0 Å². The lowest BCUT2D eigenvalue weighted by molar-refractivity contribution is 0.427. The smallest absolute Gasteiger partial charge is 0.243 e. The van der Waals surface area contributed by atoms with E-state index >= 15 is 0 Å². The zero-order chi connectivity index (χ0) is 14.0. The fourth-order valence-corrected chi connectivity index (χ4v) is 5.25. The van der Waals surface area contributed by atoms with E-state index in [4.69, 9.17) is 23.2 Å². The summed E-state index contributed by atoms with van der Waals surface area (Å²) in [7, 11) is -3.70. The molecular formula is C11H14BrCl3N2O2S. The van der Waals surface area contributed by atoms with Gasteiger partial charge in [0, 0.05) is 10.5 Å². The van der Waals surface area contributed by atoms with Gasteiger partial charge in [-0.1, -0.05) is 39.1 Å². The Kier molecular flexibility index (Phi) is 7.05. The third-order valence-electron chi connectivity index (χ3n) is 2.89. The lowest BCUT2D eigenvalue weighted by Crippen LogP contribution is -2.42. The Labute approximate surface area is 143 Å². The molecule has 9 heteroatoms. The van der Waals surface area contributed by atoms with E-state index in [1.54, 1.807) is 0 Å². The van der Waals surface area contributed by atoms with Gasteiger partial charge in [0.15, 0.2) is 0 Å². The highest BCUT2D eigenvalue weighted by molar-refractivity contribution is 9.10. The van der Waals surface area contributed by atoms with E-state index in [0.29, 0.717) is 4.47 Å². The Morgan fingerprint density at radius 3 is 2.20 bits per heavy atom. The van der Waals surface area contributed by atoms with Gasteiger partial charge in [-0.3, -0.25) is 0 Å². The van der Waals surface area contributed by atoms with Crippen molar-refractivity contribution in [1.29, 1.82) is 0 Å². The van der Waals surface area contributed by atoms with Crippen LogP contribution in [-0.2, 0) is 10.0 Å². The maximum absolute atomic E-state index is 12.3. The lowest BCUT2D eigenvalue weighted by atomic mass is 10.1. The Morgan fingerprint density at radius 2 is 1.70 bits per heavy atom. The number of sulfonamides is 1. The zero-order valence-corrected chi connectivity index (χ0v) is 15.1. The third-order valence-corrected chi connectivity index (χ3v) is 5.79. The molecule has 0 spiro atoms. The standard InChI is InChI=1S/C11H13BrCl2N2O2S.ClH/c12-7-5-9(13)11(10(14)6-7)19(17,18)16-8-1-3-15-4-2-8;/h5-6,8,15-16H,1-4H2;1H. The summed E-state index contributed by atoms with van der Waals surface area (Å²) in [5.74, 6) is 0. The molecule has 1 saturated heterocycles. The molecule has 0 bridgehead atoms. The maximum atomic E-state index is 12.3. The van der Waals surface area contributed by atoms with Crippen molar-refractivity contribution in [2.75, 3.05) is 13.1 Å². The molecule has 1 aliphatic rings. The number of benzene rings is 1. The second-order valence-corrected chi connectivity index (χ2v) is 7.73. The summed E-state index contributed by atoms with van der Waals surface area (Å²) in [6.45, 7) is 1.60. The molecule has 1 aromatic rings. The normalized spacial score (nSPS) is 16.8. The summed E-state index contributed by atoms with van der Waals surface area (Å²) in [4.78, 5) is -0.0578. The zero-order valence-electron chi connectivity index (χ0n) is 10.3. The molecule has 2 N–H and O–H groups in total. The third kappa shape index (κ3) is 4.47. The molecule has 0 aliphatic carbocycles. The van der Waals surface area contributed by atoms with Crippen LogP contribution >= 0.6 is 51.5 Å². The van der Waals surface area contributed by atoms with Crippen LogP contribution in [0.15, 0.2) is 21.5 Å². The van der Waals surface area contributed by atoms with E-state index < -0.39 is 10.0 Å². The van der Waals surface area contributed by atoms with Crippen molar-refractivity contribution in [3.05, 3.63) is 26.7 Å². The summed E-state index contributed by atoms with van der Waals surface area (Å²) in [6.07, 6.45) is 1.51. The number of halogens is 4. The molecule has 114 valence electrons. The van der Waals surface area contributed by atoms with Crippen molar-refractivity contribution >= 4 is 61.6 Å². The van der Waals surface area contributed by atoms with E-state index in [9.17, 15) is 8.42 Å². The van der Waals surface area contributed by atoms with Crippen molar-refractivity contribution in [2.45, 2.75) is 23.8 Å². The van der Waals surface area contributed by atoms with Crippen molar-refractivity contribution < 1.29 is 8.42 Å². The monoisotopic (exact) mass is 422 g/mol. The molecule has 1 aromatic carbocycles. The fourth-order valence-electron chi connectivity index (χ4n) is 2.00. The van der Waals surface area contributed by atoms with Crippen LogP contribution in [0, 0.1) is 0 Å². The second kappa shape index (κ2) is 7.63. The Balaban J connectivity index is 0.00000200. The number of piperidine rings is 1. The summed E-state index contributed by atoms with van der Waals surface area (Å²) in [6, 6.07) is 2.96. The molecule has 1 fully saturated rings. The average molecular weight is 425 g/mol. The van der Waals surface area contributed by atoms with Crippen LogP contribution in [0.25, 0.3) is 0 Å². The highest BCUT2D eigenvalue weighted by Gasteiger charge is 2.26. The second-order valence-electron chi connectivity index (χ2n) is 4.34. The molecule has 0 saturated carbocycles. The van der Waals surface area contributed by atoms with Crippen LogP contribution in [0.3, 0.4) is 0 Å². The van der Waals surface area contributed by atoms with Gasteiger partial charge in [-0.15, -0.1) is 12.4 Å². The fraction of sp³-hybridized carbons (Fsp3) is 0.455. The minimum atomic E-state index is -3.70. The van der Waals surface area contributed by atoms with E-state index in [0.717, 1.165) is 25.9 Å². The minimum absolute atomic E-state index is 0. The van der Waals surface area contributed by atoms with Gasteiger partial charge in [-0.2, -0.15) is 0 Å². The predicted molar refractivity (Wildman–Crippen MR) is 87.6 cm³/mol. The Hall–Kier alpha value is 0.440. The van der Waals surface area contributed by atoms with Gasteiger partial charge >= 0.3 is 0 Å². The average Bonchev–Trinajstić information content (AvgIpc) is 2.27. The molecule has 4 nitrogen and oxygen atoms in total. The molecule has 20 heavy (non-hydrogen) atoms. The Bertz CT molecular complexity index is 554. The van der Waals surface area contributed by atoms with Crippen LogP contribution in [0.5, 0.6) is 0 Å². The molecule has 0 atom stereocenters. The van der Waals surface area contributed by atoms with E-state index in [2.05, 4.69) is 26.0 Å². The van der Waals surface area contributed by atoms with Gasteiger partial charge in [-0.25, -0.2) is 13.1 Å². The van der Waals surface area contributed by atoms with Crippen molar-refractivity contribution in [1.82, 2.24) is 10.0 Å². The van der Waals surface area contributed by atoms with Gasteiger partial charge in [0.1, 0.15) is 4.90 Å². The van der Waals surface area contributed by atoms with Gasteiger partial charge in [0.25, 0.3) is 0 Å². The number of hydrogen-bond donors (Lipinski definition) is 2. The van der Waals surface area contributed by atoms with Crippen LogP contribution in [0.1, 0.15) is 12.8 Å². The molecular weight excluding hydrogens is 410 g/mol. The summed E-state index contributed by atoms with van der Waals surface area (Å²) in [5, 5.41) is 3.40. The SMILES string of the molecule is Cl.O=S(=O)(NC1CCNCC1)c1c(Cl)cc(Br)cc1Cl. The summed E-state index contributed by atoms with van der Waals surface area (Å²) >= 11 is 15.2. The molecule has 2 rings (SSSR count). The number of rotatable bonds is 3. The topological polar surface area (TPSA) is 58.2 Å². The summed E-state index contributed by atoms with van der Waals surface area (Å²) < 4.78 is 28.0. The van der Waals surface area contributed by atoms with Crippen LogP contribution in [-0.4, -0.2) is 27.5 Å². The molecule has 0 aromatic heterocycles. The lowest BCUT2D eigenvalue weighted by Gasteiger charge is -2.24. The maximum Gasteiger partial charge on any atom is 0.243 e. The first-order valence-electron chi connectivity index (χ1n) is 5.78. The van der Waals surface area contributed by atoms with E-state index in [-0.39, 0.29) is 33.4 Å². The minimum Gasteiger partial charge on any atom is -0.317 e. The van der Waals surface area contributed by atoms with E-state index in [1.165, 1.54) is 12.1 Å². The molecule has 1 aliphatic heterocycles. The molecule has 1 heterocycles.